The van der Waals surface area contributed by atoms with Crippen LogP contribution in [0.3, 0.4) is 0 Å². The number of para-hydroxylation sites is 1. The highest BCUT2D eigenvalue weighted by molar-refractivity contribution is 6.21. The van der Waals surface area contributed by atoms with Gasteiger partial charge in [-0.1, -0.05) is 30.3 Å². The molecule has 0 N–H and O–H groups in total. The van der Waals surface area contributed by atoms with Crippen LogP contribution in [-0.4, -0.2) is 34.0 Å². The SMILES string of the molecule is Cn1cc(C(=O)OCN2C(=O)c3ccccc3C2=O)c2ccccc21. The molecule has 6 heteroatoms. The standard InChI is InChI=1S/C19H14N2O4/c1-20-10-15(12-6-4-5-9-16(12)20)19(24)25-11-21-17(22)13-7-2-3-8-14(13)18(21)23/h2-10H,11H2,1H3. The number of fused-ring (bicyclic) bond motifs is 2. The molecule has 4 rings (SSSR count). The minimum absolute atomic E-state index is 0.328. The van der Waals surface area contributed by atoms with Crippen LogP contribution in [0.25, 0.3) is 10.9 Å². The summed E-state index contributed by atoms with van der Waals surface area (Å²) in [7, 11) is 1.84. The average Bonchev–Trinajstić information content (AvgIpc) is 3.10. The molecule has 0 atom stereocenters. The van der Waals surface area contributed by atoms with E-state index < -0.39 is 24.5 Å². The molecule has 0 bridgehead atoms. The second-order valence-corrected chi connectivity index (χ2v) is 5.82. The number of hydrogen-bond acceptors (Lipinski definition) is 4. The summed E-state index contributed by atoms with van der Waals surface area (Å²) in [6.07, 6.45) is 1.68. The van der Waals surface area contributed by atoms with Crippen molar-refractivity contribution < 1.29 is 19.1 Å². The van der Waals surface area contributed by atoms with Crippen LogP contribution in [-0.2, 0) is 11.8 Å². The minimum Gasteiger partial charge on any atom is -0.440 e. The number of nitrogens with zero attached hydrogens (tertiary/aromatic N) is 2. The summed E-state index contributed by atoms with van der Waals surface area (Å²) in [5.74, 6) is -1.48. The maximum Gasteiger partial charge on any atom is 0.342 e. The molecule has 0 saturated carbocycles. The largest absolute Gasteiger partial charge is 0.440 e. The summed E-state index contributed by atoms with van der Waals surface area (Å²) in [5.41, 5.74) is 1.95. The van der Waals surface area contributed by atoms with Crippen LogP contribution in [0.5, 0.6) is 0 Å². The zero-order valence-electron chi connectivity index (χ0n) is 13.4. The first-order valence-electron chi connectivity index (χ1n) is 7.74. The fraction of sp³-hybridized carbons (Fsp3) is 0.105. The van der Waals surface area contributed by atoms with Crippen LogP contribution in [0.4, 0.5) is 0 Å². The average molecular weight is 334 g/mol. The molecule has 0 saturated heterocycles. The Hall–Kier alpha value is -3.41. The van der Waals surface area contributed by atoms with Crippen LogP contribution in [0.15, 0.2) is 54.7 Å². The first-order chi connectivity index (χ1) is 12.1. The minimum atomic E-state index is -0.576. The number of amides is 2. The molecule has 0 fully saturated rings. The fourth-order valence-electron chi connectivity index (χ4n) is 3.06. The molecule has 0 unspecified atom stereocenters. The van der Waals surface area contributed by atoms with E-state index >= 15 is 0 Å². The summed E-state index contributed by atoms with van der Waals surface area (Å²) in [6, 6.07) is 14.0. The maximum atomic E-state index is 12.4. The second-order valence-electron chi connectivity index (χ2n) is 5.82. The van der Waals surface area contributed by atoms with Gasteiger partial charge in [0.15, 0.2) is 6.73 Å². The lowest BCUT2D eigenvalue weighted by Crippen LogP contribution is -2.33. The van der Waals surface area contributed by atoms with Gasteiger partial charge >= 0.3 is 5.97 Å². The van der Waals surface area contributed by atoms with Gasteiger partial charge in [0.25, 0.3) is 11.8 Å². The molecule has 2 aromatic carbocycles. The maximum absolute atomic E-state index is 12.4. The van der Waals surface area contributed by atoms with E-state index in [0.29, 0.717) is 16.7 Å². The van der Waals surface area contributed by atoms with Gasteiger partial charge < -0.3 is 9.30 Å². The first-order valence-corrected chi connectivity index (χ1v) is 7.74. The van der Waals surface area contributed by atoms with Crippen LogP contribution in [0, 0.1) is 0 Å². The van der Waals surface area contributed by atoms with Gasteiger partial charge in [-0.25, -0.2) is 9.69 Å². The van der Waals surface area contributed by atoms with E-state index in [-0.39, 0.29) is 0 Å². The van der Waals surface area contributed by atoms with E-state index in [0.717, 1.165) is 15.8 Å². The van der Waals surface area contributed by atoms with Crippen molar-refractivity contribution in [1.82, 2.24) is 9.47 Å². The molecule has 1 aromatic heterocycles. The zero-order chi connectivity index (χ0) is 17.6. The quantitative estimate of drug-likeness (QED) is 0.545. The summed E-state index contributed by atoms with van der Waals surface area (Å²) < 4.78 is 7.06. The fourth-order valence-corrected chi connectivity index (χ4v) is 3.06. The van der Waals surface area contributed by atoms with Crippen LogP contribution < -0.4 is 0 Å². The van der Waals surface area contributed by atoms with Gasteiger partial charge in [0, 0.05) is 24.1 Å². The monoisotopic (exact) mass is 334 g/mol. The summed E-state index contributed by atoms with van der Waals surface area (Å²) in [6.45, 7) is -0.408. The zero-order valence-corrected chi connectivity index (χ0v) is 13.4. The molecule has 2 heterocycles. The van der Waals surface area contributed by atoms with Crippen molar-refractivity contribution in [2.75, 3.05) is 6.73 Å². The van der Waals surface area contributed by atoms with Gasteiger partial charge in [-0.15, -0.1) is 0 Å². The summed E-state index contributed by atoms with van der Waals surface area (Å²) >= 11 is 0. The molecule has 25 heavy (non-hydrogen) atoms. The lowest BCUT2D eigenvalue weighted by molar-refractivity contribution is 0.0229. The second kappa shape index (κ2) is 5.59. The molecule has 3 aromatic rings. The number of imide groups is 1. The molecule has 0 radical (unpaired) electrons. The molecule has 6 nitrogen and oxygen atoms in total. The van der Waals surface area contributed by atoms with Crippen molar-refractivity contribution >= 4 is 28.7 Å². The number of benzene rings is 2. The predicted octanol–water partition coefficient (Wildman–Crippen LogP) is 2.59. The predicted molar refractivity (Wildman–Crippen MR) is 90.1 cm³/mol. The van der Waals surface area contributed by atoms with E-state index in [9.17, 15) is 14.4 Å². The van der Waals surface area contributed by atoms with Gasteiger partial charge in [-0.2, -0.15) is 0 Å². The Morgan fingerprint density at radius 3 is 2.24 bits per heavy atom. The topological polar surface area (TPSA) is 68.6 Å². The number of aromatic nitrogens is 1. The lowest BCUT2D eigenvalue weighted by Gasteiger charge is -2.13. The number of ether oxygens (including phenoxy) is 1. The van der Waals surface area contributed by atoms with Crippen LogP contribution >= 0.6 is 0 Å². The number of carbonyl (C=O) groups is 3. The molecule has 124 valence electrons. The molecular weight excluding hydrogens is 320 g/mol. The smallest absolute Gasteiger partial charge is 0.342 e. The number of rotatable bonds is 3. The van der Waals surface area contributed by atoms with Gasteiger partial charge in [0.05, 0.1) is 16.7 Å². The Bertz CT molecular complexity index is 1000. The third kappa shape index (κ3) is 2.30. The third-order valence-corrected chi connectivity index (χ3v) is 4.32. The van der Waals surface area contributed by atoms with Crippen molar-refractivity contribution in [2.45, 2.75) is 0 Å². The summed E-state index contributed by atoms with van der Waals surface area (Å²) in [4.78, 5) is 37.9. The number of esters is 1. The molecule has 1 aliphatic heterocycles. The van der Waals surface area contributed by atoms with Gasteiger partial charge in [0.1, 0.15) is 0 Å². The van der Waals surface area contributed by atoms with Crippen molar-refractivity contribution in [3.8, 4) is 0 Å². The Labute approximate surface area is 143 Å². The number of hydrogen-bond donors (Lipinski definition) is 0. The Balaban J connectivity index is 1.55. The normalized spacial score (nSPS) is 13.4. The van der Waals surface area contributed by atoms with Gasteiger partial charge in [-0.3, -0.25) is 9.59 Å². The molecule has 2 amide bonds. The molecule has 0 spiro atoms. The Morgan fingerprint density at radius 1 is 0.960 bits per heavy atom. The highest BCUT2D eigenvalue weighted by Gasteiger charge is 2.35. The van der Waals surface area contributed by atoms with E-state index in [1.54, 1.807) is 30.5 Å². The van der Waals surface area contributed by atoms with Gasteiger partial charge in [0.2, 0.25) is 0 Å². The van der Waals surface area contributed by atoms with Crippen LogP contribution in [0.2, 0.25) is 0 Å². The lowest BCUT2D eigenvalue weighted by atomic mass is 10.1. The Morgan fingerprint density at radius 2 is 1.56 bits per heavy atom. The van der Waals surface area contributed by atoms with E-state index in [4.69, 9.17) is 4.74 Å². The molecule has 0 aliphatic carbocycles. The molecular formula is C19H14N2O4. The van der Waals surface area contributed by atoms with Crippen LogP contribution in [0.1, 0.15) is 31.1 Å². The first kappa shape index (κ1) is 15.1. The third-order valence-electron chi connectivity index (χ3n) is 4.32. The highest BCUT2D eigenvalue weighted by atomic mass is 16.5. The van der Waals surface area contributed by atoms with E-state index in [1.165, 1.54) is 0 Å². The summed E-state index contributed by atoms with van der Waals surface area (Å²) in [5, 5.41) is 0.761. The number of aryl methyl sites for hydroxylation is 1. The molecule has 1 aliphatic rings. The van der Waals surface area contributed by atoms with Crippen molar-refractivity contribution in [3.63, 3.8) is 0 Å². The number of carbonyl (C=O) groups excluding carboxylic acids is 3. The van der Waals surface area contributed by atoms with Gasteiger partial charge in [-0.05, 0) is 18.2 Å². The van der Waals surface area contributed by atoms with Crippen molar-refractivity contribution in [1.29, 1.82) is 0 Å². The van der Waals surface area contributed by atoms with Crippen molar-refractivity contribution in [2.24, 2.45) is 7.05 Å². The van der Waals surface area contributed by atoms with E-state index in [1.807, 2.05) is 35.9 Å². The van der Waals surface area contributed by atoms with Crippen molar-refractivity contribution in [3.05, 3.63) is 71.4 Å². The Kier molecular flexibility index (Phi) is 3.39. The highest BCUT2D eigenvalue weighted by Crippen LogP contribution is 2.24. The van der Waals surface area contributed by atoms with E-state index in [2.05, 4.69) is 0 Å².